The highest BCUT2D eigenvalue weighted by molar-refractivity contribution is 6.58. The molecular formula is C10H13BO2. The van der Waals surface area contributed by atoms with Gasteiger partial charge in [0.25, 0.3) is 0 Å². The zero-order valence-electron chi connectivity index (χ0n) is 10.2. The maximum atomic E-state index is 9.11. The highest BCUT2D eigenvalue weighted by atomic mass is 16.4. The minimum Gasteiger partial charge on any atom is -0.423 e. The molecule has 1 aliphatic rings. The standard InChI is InChI=1S/C10H13BO2/c1-7-4-9(8-2-3-8)6-10(5-7)11(12)13/h4-6,8,12-13H,2-3H2,1H3/i1D3. The van der Waals surface area contributed by atoms with E-state index in [0.717, 1.165) is 18.4 Å². The van der Waals surface area contributed by atoms with Gasteiger partial charge in [-0.2, -0.15) is 0 Å². The first-order chi connectivity index (χ1) is 7.38. The van der Waals surface area contributed by atoms with Crippen molar-refractivity contribution in [3.8, 4) is 0 Å². The van der Waals surface area contributed by atoms with E-state index in [1.54, 1.807) is 12.1 Å². The predicted molar refractivity (Wildman–Crippen MR) is 53.0 cm³/mol. The molecule has 3 heteroatoms. The fourth-order valence-electron chi connectivity index (χ4n) is 1.48. The summed E-state index contributed by atoms with van der Waals surface area (Å²) in [5, 5.41) is 18.2. The van der Waals surface area contributed by atoms with Gasteiger partial charge < -0.3 is 10.0 Å². The Kier molecular flexibility index (Phi) is 1.42. The molecule has 1 aromatic rings. The molecule has 68 valence electrons. The van der Waals surface area contributed by atoms with Gasteiger partial charge >= 0.3 is 7.12 Å². The number of hydrogen-bond acceptors (Lipinski definition) is 2. The molecule has 0 amide bonds. The lowest BCUT2D eigenvalue weighted by molar-refractivity contribution is 0.425. The second kappa shape index (κ2) is 3.16. The first kappa shape index (κ1) is 5.84. The van der Waals surface area contributed by atoms with Gasteiger partial charge in [-0.3, -0.25) is 0 Å². The van der Waals surface area contributed by atoms with Gasteiger partial charge in [0.1, 0.15) is 0 Å². The van der Waals surface area contributed by atoms with Gasteiger partial charge in [0.05, 0.1) is 0 Å². The van der Waals surface area contributed by atoms with E-state index in [1.165, 1.54) is 6.07 Å². The van der Waals surface area contributed by atoms with Gasteiger partial charge in [0.15, 0.2) is 0 Å². The van der Waals surface area contributed by atoms with Gasteiger partial charge in [0, 0.05) is 4.11 Å². The number of hydrogen-bond donors (Lipinski definition) is 2. The van der Waals surface area contributed by atoms with Crippen molar-refractivity contribution in [1.82, 2.24) is 0 Å². The van der Waals surface area contributed by atoms with Crippen LogP contribution in [0, 0.1) is 6.85 Å². The van der Waals surface area contributed by atoms with Crippen LogP contribution in [-0.4, -0.2) is 17.2 Å². The molecule has 2 nitrogen and oxygen atoms in total. The van der Waals surface area contributed by atoms with Crippen LogP contribution in [0.25, 0.3) is 0 Å². The van der Waals surface area contributed by atoms with Crippen LogP contribution in [0.4, 0.5) is 0 Å². The van der Waals surface area contributed by atoms with E-state index >= 15 is 0 Å². The van der Waals surface area contributed by atoms with Gasteiger partial charge in [-0.1, -0.05) is 23.8 Å². The molecule has 1 aliphatic carbocycles. The average molecular weight is 179 g/mol. The molecular weight excluding hydrogens is 163 g/mol. The van der Waals surface area contributed by atoms with Crippen molar-refractivity contribution in [3.05, 3.63) is 29.3 Å². The molecule has 1 aromatic carbocycles. The normalized spacial score (nSPS) is 20.3. The molecule has 0 spiro atoms. The third kappa shape index (κ3) is 1.93. The van der Waals surface area contributed by atoms with Crippen LogP contribution < -0.4 is 5.46 Å². The van der Waals surface area contributed by atoms with E-state index in [0.29, 0.717) is 5.92 Å². The molecule has 0 aliphatic heterocycles. The van der Waals surface area contributed by atoms with Crippen LogP contribution in [-0.2, 0) is 0 Å². The molecule has 0 bridgehead atoms. The lowest BCUT2D eigenvalue weighted by Gasteiger charge is -2.05. The SMILES string of the molecule is [2H]C([2H])([2H])c1cc(B(O)O)cc(C2CC2)c1. The minimum atomic E-state index is -2.20. The van der Waals surface area contributed by atoms with E-state index in [4.69, 9.17) is 14.2 Å². The highest BCUT2D eigenvalue weighted by Gasteiger charge is 2.25. The molecule has 0 atom stereocenters. The van der Waals surface area contributed by atoms with Crippen LogP contribution in [0.3, 0.4) is 0 Å². The Morgan fingerprint density at radius 3 is 2.69 bits per heavy atom. The molecule has 2 rings (SSSR count). The van der Waals surface area contributed by atoms with E-state index in [9.17, 15) is 0 Å². The smallest absolute Gasteiger partial charge is 0.423 e. The summed E-state index contributed by atoms with van der Waals surface area (Å²) < 4.78 is 22.0. The molecule has 0 aromatic heterocycles. The van der Waals surface area contributed by atoms with Gasteiger partial charge in [-0.05, 0) is 36.6 Å². The Labute approximate surface area is 82.6 Å². The Balaban J connectivity index is 2.44. The third-order valence-electron chi connectivity index (χ3n) is 2.32. The monoisotopic (exact) mass is 179 g/mol. The van der Waals surface area contributed by atoms with Crippen molar-refractivity contribution in [1.29, 1.82) is 0 Å². The van der Waals surface area contributed by atoms with Crippen molar-refractivity contribution >= 4 is 12.6 Å². The summed E-state index contributed by atoms with van der Waals surface area (Å²) >= 11 is 0. The first-order valence-electron chi connectivity index (χ1n) is 5.89. The lowest BCUT2D eigenvalue weighted by Crippen LogP contribution is -2.30. The van der Waals surface area contributed by atoms with Gasteiger partial charge in [0.2, 0.25) is 0 Å². The van der Waals surface area contributed by atoms with Crippen molar-refractivity contribution in [3.63, 3.8) is 0 Å². The second-order valence-electron chi connectivity index (χ2n) is 3.54. The molecule has 0 radical (unpaired) electrons. The van der Waals surface area contributed by atoms with Crippen LogP contribution in [0.2, 0.25) is 0 Å². The Morgan fingerprint density at radius 1 is 1.38 bits per heavy atom. The number of benzene rings is 1. The molecule has 0 saturated heterocycles. The van der Waals surface area contributed by atoms with Crippen molar-refractivity contribution in [2.75, 3.05) is 0 Å². The van der Waals surface area contributed by atoms with Crippen LogP contribution >= 0.6 is 0 Å². The van der Waals surface area contributed by atoms with E-state index in [-0.39, 0.29) is 11.0 Å². The van der Waals surface area contributed by atoms with E-state index < -0.39 is 14.0 Å². The van der Waals surface area contributed by atoms with E-state index in [2.05, 4.69) is 0 Å². The topological polar surface area (TPSA) is 40.5 Å². The summed E-state index contributed by atoms with van der Waals surface area (Å²) in [5.41, 5.74) is 1.34. The maximum Gasteiger partial charge on any atom is 0.488 e. The van der Waals surface area contributed by atoms with Crippen LogP contribution in [0.5, 0.6) is 0 Å². The molecule has 2 N–H and O–H groups in total. The third-order valence-corrected chi connectivity index (χ3v) is 2.32. The lowest BCUT2D eigenvalue weighted by atomic mass is 9.78. The maximum absolute atomic E-state index is 9.11. The fraction of sp³-hybridized carbons (Fsp3) is 0.400. The van der Waals surface area contributed by atoms with Gasteiger partial charge in [-0.15, -0.1) is 0 Å². The second-order valence-corrected chi connectivity index (χ2v) is 3.54. The predicted octanol–water partition coefficient (Wildman–Crippen LogP) is 0.552. The molecule has 0 heterocycles. The summed E-state index contributed by atoms with van der Waals surface area (Å²) in [4.78, 5) is 0. The molecule has 1 fully saturated rings. The number of rotatable bonds is 2. The first-order valence-corrected chi connectivity index (χ1v) is 4.39. The van der Waals surface area contributed by atoms with E-state index in [1.807, 2.05) is 0 Å². The largest absolute Gasteiger partial charge is 0.488 e. The quantitative estimate of drug-likeness (QED) is 0.651. The van der Waals surface area contributed by atoms with Crippen molar-refractivity contribution < 1.29 is 14.2 Å². The summed E-state index contributed by atoms with van der Waals surface area (Å²) in [5.74, 6) is 0.389. The van der Waals surface area contributed by atoms with Crippen LogP contribution in [0.1, 0.15) is 34.0 Å². The molecule has 1 saturated carbocycles. The Hall–Kier alpha value is -0.795. The molecule has 0 unspecified atom stereocenters. The fourth-order valence-corrected chi connectivity index (χ4v) is 1.48. The van der Waals surface area contributed by atoms with Gasteiger partial charge in [-0.25, -0.2) is 0 Å². The summed E-state index contributed by atoms with van der Waals surface area (Å²) in [6.07, 6.45) is 2.09. The summed E-state index contributed by atoms with van der Waals surface area (Å²) in [7, 11) is -1.61. The zero-order chi connectivity index (χ0) is 11.9. The number of aryl methyl sites for hydroxylation is 1. The Bertz CT molecular complexity index is 379. The van der Waals surface area contributed by atoms with Crippen molar-refractivity contribution in [2.24, 2.45) is 0 Å². The summed E-state index contributed by atoms with van der Waals surface area (Å²) in [6.45, 7) is -2.20. The average Bonchev–Trinajstić information content (AvgIpc) is 2.98. The van der Waals surface area contributed by atoms with Crippen molar-refractivity contribution in [2.45, 2.75) is 25.6 Å². The minimum absolute atomic E-state index is 0.181. The van der Waals surface area contributed by atoms with Crippen LogP contribution in [0.15, 0.2) is 18.2 Å². The zero-order valence-corrected chi connectivity index (χ0v) is 7.20. The molecule has 13 heavy (non-hydrogen) atoms. The summed E-state index contributed by atoms with van der Waals surface area (Å²) in [6, 6.07) is 4.66. The Morgan fingerprint density at radius 2 is 2.15 bits per heavy atom. The highest BCUT2D eigenvalue weighted by Crippen LogP contribution is 2.39.